The van der Waals surface area contributed by atoms with Crippen LogP contribution in [0.4, 0.5) is 14.6 Å². The summed E-state index contributed by atoms with van der Waals surface area (Å²) in [7, 11) is 0. The average molecular weight is 209 g/mol. The van der Waals surface area contributed by atoms with Crippen molar-refractivity contribution in [1.29, 1.82) is 0 Å². The lowest BCUT2D eigenvalue weighted by molar-refractivity contribution is 0.145. The quantitative estimate of drug-likeness (QED) is 0.726. The molecule has 0 aromatic carbocycles. The fraction of sp³-hybridized carbons (Fsp3) is 0.286. The molecule has 3 nitrogen and oxygen atoms in total. The molecule has 3 N–H and O–H groups in total. The van der Waals surface area contributed by atoms with E-state index in [0.29, 0.717) is 0 Å². The molecule has 0 saturated carbocycles. The van der Waals surface area contributed by atoms with Gasteiger partial charge in [-0.05, 0) is 0 Å². The van der Waals surface area contributed by atoms with Crippen LogP contribution in [0.2, 0.25) is 0 Å². The summed E-state index contributed by atoms with van der Waals surface area (Å²) in [5, 5.41) is 0. The van der Waals surface area contributed by atoms with E-state index in [4.69, 9.17) is 17.3 Å². The van der Waals surface area contributed by atoms with Gasteiger partial charge in [0, 0.05) is 11.6 Å². The number of nitrogens with two attached hydrogens (primary N) is 1. The Morgan fingerprint density at radius 3 is 2.69 bits per heavy atom. The maximum absolute atomic E-state index is 12.3. The third-order valence-electron chi connectivity index (χ3n) is 1.54. The summed E-state index contributed by atoms with van der Waals surface area (Å²) >= 11 is 5.34. The maximum Gasteiger partial charge on any atom is 0.278 e. The number of hydrogen-bond acceptors (Lipinski definition) is 2. The molecule has 72 valence electrons. The van der Waals surface area contributed by atoms with Crippen LogP contribution in [0.25, 0.3) is 0 Å². The molecule has 13 heavy (non-hydrogen) atoms. The molecule has 0 unspecified atom stereocenters. The van der Waals surface area contributed by atoms with E-state index < -0.39 is 17.5 Å². The molecule has 0 amide bonds. The Kier molecular flexibility index (Phi) is 2.87. The summed E-state index contributed by atoms with van der Waals surface area (Å²) in [4.78, 5) is 13.3. The van der Waals surface area contributed by atoms with Gasteiger partial charge in [0.2, 0.25) is 0 Å². The predicted molar refractivity (Wildman–Crippen MR) is 46.0 cm³/mol. The number of nitrogen functional groups attached to an aromatic ring is 1. The molecule has 0 fully saturated rings. The smallest absolute Gasteiger partial charge is 0.278 e. The van der Waals surface area contributed by atoms with Gasteiger partial charge in [0.1, 0.15) is 5.82 Å². The first-order valence-corrected chi connectivity index (χ1v) is 3.95. The minimum atomic E-state index is -2.77. The van der Waals surface area contributed by atoms with E-state index in [1.54, 1.807) is 0 Å². The molecule has 0 spiro atoms. The predicted octanol–water partition coefficient (Wildman–Crippen LogP) is 1.63. The summed E-state index contributed by atoms with van der Waals surface area (Å²) in [5.41, 5.74) is 3.99. The SMILES string of the molecule is Nc1cc(=O)c(CCl)c(C(F)F)[nH]1. The van der Waals surface area contributed by atoms with Crippen LogP contribution >= 0.6 is 11.6 Å². The van der Waals surface area contributed by atoms with Crippen LogP contribution in [-0.4, -0.2) is 4.98 Å². The Balaban J connectivity index is 3.38. The fourth-order valence-electron chi connectivity index (χ4n) is 0.952. The lowest BCUT2D eigenvalue weighted by atomic mass is 10.2. The highest BCUT2D eigenvalue weighted by Gasteiger charge is 2.16. The molecule has 0 saturated heterocycles. The Hall–Kier alpha value is -1.10. The van der Waals surface area contributed by atoms with Gasteiger partial charge < -0.3 is 10.7 Å². The van der Waals surface area contributed by atoms with Gasteiger partial charge in [0.05, 0.1) is 11.6 Å². The number of aromatic amines is 1. The number of pyridine rings is 1. The van der Waals surface area contributed by atoms with Crippen LogP contribution in [0, 0.1) is 0 Å². The molecule has 0 bridgehead atoms. The number of H-pyrrole nitrogens is 1. The van der Waals surface area contributed by atoms with Gasteiger partial charge in [-0.1, -0.05) is 0 Å². The van der Waals surface area contributed by atoms with Crippen LogP contribution in [0.3, 0.4) is 0 Å². The standard InChI is InChI=1S/C7H7ClF2N2O/c8-2-3-4(13)1-5(11)12-6(3)7(9)10/h1,7H,2H2,(H3,11,12,13). The summed E-state index contributed by atoms with van der Waals surface area (Å²) in [6.45, 7) is 0. The van der Waals surface area contributed by atoms with Gasteiger partial charge in [-0.15, -0.1) is 11.6 Å². The van der Waals surface area contributed by atoms with E-state index in [9.17, 15) is 13.6 Å². The first kappa shape index (κ1) is 9.98. The van der Waals surface area contributed by atoms with Crippen molar-refractivity contribution in [3.05, 3.63) is 27.5 Å². The van der Waals surface area contributed by atoms with Gasteiger partial charge >= 0.3 is 0 Å². The van der Waals surface area contributed by atoms with Crippen molar-refractivity contribution in [3.8, 4) is 0 Å². The van der Waals surface area contributed by atoms with Gasteiger partial charge in [-0.3, -0.25) is 4.79 Å². The van der Waals surface area contributed by atoms with Gasteiger partial charge in [0.15, 0.2) is 5.43 Å². The molecule has 1 heterocycles. The maximum atomic E-state index is 12.3. The van der Waals surface area contributed by atoms with Crippen LogP contribution in [-0.2, 0) is 5.88 Å². The van der Waals surface area contributed by atoms with Crippen LogP contribution in [0.5, 0.6) is 0 Å². The number of halogens is 3. The second kappa shape index (κ2) is 3.74. The van der Waals surface area contributed by atoms with Gasteiger partial charge in [-0.2, -0.15) is 0 Å². The molecule has 0 aliphatic carbocycles. The van der Waals surface area contributed by atoms with E-state index in [0.717, 1.165) is 6.07 Å². The molecule has 0 radical (unpaired) electrons. The largest absolute Gasteiger partial charge is 0.385 e. The van der Waals surface area contributed by atoms with Gasteiger partial charge in [0.25, 0.3) is 6.43 Å². The molecule has 0 aliphatic rings. The first-order chi connectivity index (χ1) is 6.06. The number of anilines is 1. The molecule has 6 heteroatoms. The Bertz CT molecular complexity index is 364. The van der Waals surface area contributed by atoms with Crippen LogP contribution in [0.1, 0.15) is 17.7 Å². The topological polar surface area (TPSA) is 58.9 Å². The van der Waals surface area contributed by atoms with Crippen molar-refractivity contribution in [3.63, 3.8) is 0 Å². The third kappa shape index (κ3) is 1.98. The Labute approximate surface area is 77.5 Å². The molecule has 1 rings (SSSR count). The zero-order valence-electron chi connectivity index (χ0n) is 6.48. The van der Waals surface area contributed by atoms with Crippen molar-refractivity contribution in [2.24, 2.45) is 0 Å². The number of rotatable bonds is 2. The summed E-state index contributed by atoms with van der Waals surface area (Å²) in [6, 6.07) is 1.03. The van der Waals surface area contributed by atoms with Crippen LogP contribution < -0.4 is 11.2 Å². The van der Waals surface area contributed by atoms with Crippen LogP contribution in [0.15, 0.2) is 10.9 Å². The summed E-state index contributed by atoms with van der Waals surface area (Å²) in [5.74, 6) is -0.343. The normalized spacial score (nSPS) is 10.8. The number of nitrogens with one attached hydrogen (secondary N) is 1. The monoisotopic (exact) mass is 208 g/mol. The number of aromatic nitrogens is 1. The molecule has 0 atom stereocenters. The average Bonchev–Trinajstić information content (AvgIpc) is 2.02. The molecule has 1 aromatic heterocycles. The highest BCUT2D eigenvalue weighted by Crippen LogP contribution is 2.20. The number of hydrogen-bond donors (Lipinski definition) is 2. The van der Waals surface area contributed by atoms with Crippen molar-refractivity contribution < 1.29 is 8.78 Å². The van der Waals surface area contributed by atoms with E-state index in [1.807, 2.05) is 0 Å². The highest BCUT2D eigenvalue weighted by molar-refractivity contribution is 6.17. The lowest BCUT2D eigenvalue weighted by Crippen LogP contribution is -2.14. The van der Waals surface area contributed by atoms with E-state index in [1.165, 1.54) is 0 Å². The minimum absolute atomic E-state index is 0.0887. The van der Waals surface area contributed by atoms with Crippen molar-refractivity contribution in [2.75, 3.05) is 5.73 Å². The molecular weight excluding hydrogens is 202 g/mol. The van der Waals surface area contributed by atoms with Crippen molar-refractivity contribution in [2.45, 2.75) is 12.3 Å². The zero-order valence-corrected chi connectivity index (χ0v) is 7.24. The summed E-state index contributed by atoms with van der Waals surface area (Å²) < 4.78 is 24.6. The molecular formula is C7H7ClF2N2O. The first-order valence-electron chi connectivity index (χ1n) is 3.42. The Morgan fingerprint density at radius 1 is 1.62 bits per heavy atom. The Morgan fingerprint density at radius 2 is 2.23 bits per heavy atom. The van der Waals surface area contributed by atoms with Crippen molar-refractivity contribution >= 4 is 17.4 Å². The highest BCUT2D eigenvalue weighted by atomic mass is 35.5. The van der Waals surface area contributed by atoms with Gasteiger partial charge in [-0.25, -0.2) is 8.78 Å². The van der Waals surface area contributed by atoms with E-state index in [2.05, 4.69) is 4.98 Å². The van der Waals surface area contributed by atoms with Crippen molar-refractivity contribution in [1.82, 2.24) is 4.98 Å². The molecule has 1 aromatic rings. The second-order valence-corrected chi connectivity index (χ2v) is 2.68. The third-order valence-corrected chi connectivity index (χ3v) is 1.81. The lowest BCUT2D eigenvalue weighted by Gasteiger charge is -2.06. The second-order valence-electron chi connectivity index (χ2n) is 2.42. The minimum Gasteiger partial charge on any atom is -0.385 e. The van der Waals surface area contributed by atoms with E-state index >= 15 is 0 Å². The summed E-state index contributed by atoms with van der Waals surface area (Å²) in [6.07, 6.45) is -2.77. The number of alkyl halides is 3. The molecule has 0 aliphatic heterocycles. The fourth-order valence-corrected chi connectivity index (χ4v) is 1.23. The van der Waals surface area contributed by atoms with E-state index in [-0.39, 0.29) is 17.3 Å². The zero-order chi connectivity index (χ0) is 10.0.